The number of ether oxygens (including phenoxy) is 1. The maximum absolute atomic E-state index is 6.49. The van der Waals surface area contributed by atoms with Crippen molar-refractivity contribution in [2.75, 3.05) is 37.4 Å². The van der Waals surface area contributed by atoms with E-state index in [4.69, 9.17) is 16.3 Å². The van der Waals surface area contributed by atoms with Crippen LogP contribution >= 0.6 is 11.6 Å². The molecule has 0 aliphatic heterocycles. The van der Waals surface area contributed by atoms with Crippen molar-refractivity contribution in [2.45, 2.75) is 50.6 Å². The summed E-state index contributed by atoms with van der Waals surface area (Å²) in [7, 11) is 1.74. The van der Waals surface area contributed by atoms with E-state index in [9.17, 15) is 0 Å². The lowest BCUT2D eigenvalue weighted by atomic mass is 9.91. The van der Waals surface area contributed by atoms with Crippen molar-refractivity contribution < 1.29 is 4.74 Å². The smallest absolute Gasteiger partial charge is 0.126 e. The molecule has 0 bridgehead atoms. The minimum absolute atomic E-state index is 0.441. The summed E-state index contributed by atoms with van der Waals surface area (Å²) >= 11 is 6.49. The third kappa shape index (κ3) is 6.06. The van der Waals surface area contributed by atoms with Gasteiger partial charge in [0.1, 0.15) is 5.82 Å². The number of rotatable bonds is 10. The van der Waals surface area contributed by atoms with Gasteiger partial charge in [0.2, 0.25) is 0 Å². The van der Waals surface area contributed by atoms with Gasteiger partial charge in [0.05, 0.1) is 17.3 Å². The fourth-order valence-corrected chi connectivity index (χ4v) is 4.24. The van der Waals surface area contributed by atoms with E-state index in [1.165, 1.54) is 25.7 Å². The van der Waals surface area contributed by atoms with Crippen molar-refractivity contribution in [3.05, 3.63) is 35.7 Å². The Morgan fingerprint density at radius 1 is 1.03 bits per heavy atom. The minimum Gasteiger partial charge on any atom is -0.384 e. The van der Waals surface area contributed by atoms with Gasteiger partial charge in [-0.05, 0) is 56.6 Å². The Balaban J connectivity index is 1.36. The largest absolute Gasteiger partial charge is 0.384 e. The SMILES string of the molecule is COCCNC1CCC(Nc2cc(-c3cncc(NCC4CC4)c3)c(Cl)cn2)CC1. The average molecular weight is 430 g/mol. The Morgan fingerprint density at radius 3 is 2.60 bits per heavy atom. The Labute approximate surface area is 184 Å². The lowest BCUT2D eigenvalue weighted by Gasteiger charge is -2.30. The van der Waals surface area contributed by atoms with Crippen LogP contribution < -0.4 is 16.0 Å². The first-order chi connectivity index (χ1) is 14.7. The number of nitrogens with one attached hydrogen (secondary N) is 3. The monoisotopic (exact) mass is 429 g/mol. The maximum atomic E-state index is 6.49. The van der Waals surface area contributed by atoms with Crippen LogP contribution in [0.5, 0.6) is 0 Å². The van der Waals surface area contributed by atoms with E-state index in [0.29, 0.717) is 17.1 Å². The zero-order valence-electron chi connectivity index (χ0n) is 17.7. The molecule has 7 heteroatoms. The molecule has 2 aromatic heterocycles. The quantitative estimate of drug-likeness (QED) is 0.480. The first kappa shape index (κ1) is 21.3. The van der Waals surface area contributed by atoms with Crippen molar-refractivity contribution in [3.63, 3.8) is 0 Å². The van der Waals surface area contributed by atoms with Crippen LogP contribution in [0.25, 0.3) is 11.1 Å². The fraction of sp³-hybridized carbons (Fsp3) is 0.565. The molecule has 0 aromatic carbocycles. The molecule has 0 unspecified atom stereocenters. The van der Waals surface area contributed by atoms with E-state index in [1.54, 1.807) is 13.3 Å². The highest BCUT2D eigenvalue weighted by molar-refractivity contribution is 6.33. The molecule has 2 aliphatic rings. The lowest BCUT2D eigenvalue weighted by molar-refractivity contribution is 0.191. The normalized spacial score (nSPS) is 21.4. The van der Waals surface area contributed by atoms with Crippen LogP contribution in [-0.4, -0.2) is 48.9 Å². The number of halogens is 1. The molecule has 6 nitrogen and oxygen atoms in total. The topological polar surface area (TPSA) is 71.1 Å². The molecule has 4 rings (SSSR count). The van der Waals surface area contributed by atoms with Gasteiger partial charge in [-0.25, -0.2) is 4.98 Å². The molecule has 0 amide bonds. The van der Waals surface area contributed by atoms with Gasteiger partial charge in [-0.2, -0.15) is 0 Å². The van der Waals surface area contributed by atoms with Gasteiger partial charge >= 0.3 is 0 Å². The molecule has 2 heterocycles. The molecular formula is C23H32ClN5O. The second-order valence-electron chi connectivity index (χ2n) is 8.48. The van der Waals surface area contributed by atoms with Gasteiger partial charge < -0.3 is 20.7 Å². The number of anilines is 2. The number of methoxy groups -OCH3 is 1. The van der Waals surface area contributed by atoms with E-state index < -0.39 is 0 Å². The van der Waals surface area contributed by atoms with Crippen molar-refractivity contribution in [1.29, 1.82) is 0 Å². The van der Waals surface area contributed by atoms with Crippen LogP contribution in [-0.2, 0) is 4.74 Å². The van der Waals surface area contributed by atoms with Crippen molar-refractivity contribution in [1.82, 2.24) is 15.3 Å². The number of nitrogens with zero attached hydrogens (tertiary/aromatic N) is 2. The number of hydrogen-bond acceptors (Lipinski definition) is 6. The molecule has 162 valence electrons. The summed E-state index contributed by atoms with van der Waals surface area (Å²) in [5, 5.41) is 11.3. The molecule has 2 aromatic rings. The van der Waals surface area contributed by atoms with Crippen molar-refractivity contribution in [2.24, 2.45) is 5.92 Å². The third-order valence-corrected chi connectivity index (χ3v) is 6.32. The van der Waals surface area contributed by atoms with Gasteiger partial charge in [-0.15, -0.1) is 0 Å². The van der Waals surface area contributed by atoms with Crippen LogP contribution in [0.2, 0.25) is 5.02 Å². The second-order valence-corrected chi connectivity index (χ2v) is 8.88. The molecular weight excluding hydrogens is 398 g/mol. The summed E-state index contributed by atoms with van der Waals surface area (Å²) in [4.78, 5) is 8.92. The lowest BCUT2D eigenvalue weighted by Crippen LogP contribution is -2.38. The predicted octanol–water partition coefficient (Wildman–Crippen LogP) is 4.58. The van der Waals surface area contributed by atoms with E-state index in [2.05, 4.69) is 32.0 Å². The van der Waals surface area contributed by atoms with E-state index >= 15 is 0 Å². The van der Waals surface area contributed by atoms with Gasteiger partial charge in [-0.3, -0.25) is 4.98 Å². The first-order valence-corrected chi connectivity index (χ1v) is 11.4. The summed E-state index contributed by atoms with van der Waals surface area (Å²) in [6.45, 7) is 2.71. The van der Waals surface area contributed by atoms with Crippen molar-refractivity contribution in [3.8, 4) is 11.1 Å². The predicted molar refractivity (Wildman–Crippen MR) is 123 cm³/mol. The summed E-state index contributed by atoms with van der Waals surface area (Å²) < 4.78 is 5.12. The highest BCUT2D eigenvalue weighted by atomic mass is 35.5. The Morgan fingerprint density at radius 2 is 1.83 bits per heavy atom. The molecule has 0 saturated heterocycles. The number of aromatic nitrogens is 2. The Hall–Kier alpha value is -1.89. The Bertz CT molecular complexity index is 821. The first-order valence-electron chi connectivity index (χ1n) is 11.0. The van der Waals surface area contributed by atoms with Crippen LogP contribution in [0.1, 0.15) is 38.5 Å². The second kappa shape index (κ2) is 10.4. The molecule has 0 atom stereocenters. The van der Waals surface area contributed by atoms with Crippen molar-refractivity contribution >= 4 is 23.1 Å². The molecule has 3 N–H and O–H groups in total. The molecule has 0 spiro atoms. The molecule has 2 fully saturated rings. The third-order valence-electron chi connectivity index (χ3n) is 6.01. The standard InChI is InChI=1S/C23H32ClN5O/c1-30-9-8-26-18-4-6-19(7-5-18)29-23-11-21(22(24)15-28-23)17-10-20(14-25-13-17)27-12-16-2-3-16/h10-11,13-16,18-19,26-27H,2-9,12H2,1H3,(H,28,29). The Kier molecular flexibility index (Phi) is 7.42. The van der Waals surface area contributed by atoms with Crippen LogP contribution in [0.4, 0.5) is 11.5 Å². The van der Waals surface area contributed by atoms with E-state index in [0.717, 1.165) is 61.1 Å². The van der Waals surface area contributed by atoms with Gasteiger partial charge in [0, 0.05) is 62.0 Å². The molecule has 2 aliphatic carbocycles. The maximum Gasteiger partial charge on any atom is 0.126 e. The summed E-state index contributed by atoms with van der Waals surface area (Å²) in [5.41, 5.74) is 3.02. The zero-order chi connectivity index (χ0) is 20.8. The fourth-order valence-electron chi connectivity index (χ4n) is 4.02. The van der Waals surface area contributed by atoms with Crippen LogP contribution in [0, 0.1) is 5.92 Å². The van der Waals surface area contributed by atoms with E-state index in [-0.39, 0.29) is 0 Å². The summed E-state index contributed by atoms with van der Waals surface area (Å²) in [6, 6.07) is 5.20. The average Bonchev–Trinajstić information content (AvgIpc) is 3.60. The molecule has 30 heavy (non-hydrogen) atoms. The summed E-state index contributed by atoms with van der Waals surface area (Å²) in [5.74, 6) is 1.70. The van der Waals surface area contributed by atoms with Gasteiger partial charge in [-0.1, -0.05) is 11.6 Å². The van der Waals surface area contributed by atoms with Gasteiger partial charge in [0.15, 0.2) is 0 Å². The van der Waals surface area contributed by atoms with Crippen LogP contribution in [0.3, 0.4) is 0 Å². The summed E-state index contributed by atoms with van der Waals surface area (Å²) in [6.07, 6.45) is 12.7. The zero-order valence-corrected chi connectivity index (χ0v) is 18.4. The minimum atomic E-state index is 0.441. The molecule has 0 radical (unpaired) electrons. The highest BCUT2D eigenvalue weighted by Gasteiger charge is 2.22. The molecule has 2 saturated carbocycles. The number of hydrogen-bond donors (Lipinski definition) is 3. The van der Waals surface area contributed by atoms with Crippen LogP contribution in [0.15, 0.2) is 30.7 Å². The van der Waals surface area contributed by atoms with Gasteiger partial charge in [0.25, 0.3) is 0 Å². The van der Waals surface area contributed by atoms with E-state index in [1.807, 2.05) is 18.5 Å². The number of pyridine rings is 2. The highest BCUT2D eigenvalue weighted by Crippen LogP contribution is 2.32.